The molecule has 2 aromatic heterocycles. The fourth-order valence-corrected chi connectivity index (χ4v) is 2.79. The molecule has 0 radical (unpaired) electrons. The highest BCUT2D eigenvalue weighted by molar-refractivity contribution is 5.90. The zero-order valence-electron chi connectivity index (χ0n) is 14.8. The number of nitrogens with zero attached hydrogens (tertiary/aromatic N) is 4. The average molecular weight is 341 g/mol. The summed E-state index contributed by atoms with van der Waals surface area (Å²) in [5, 5.41) is 2.91. The van der Waals surface area contributed by atoms with Gasteiger partial charge in [0.2, 0.25) is 0 Å². The topological polar surface area (TPSA) is 70.6 Å². The summed E-state index contributed by atoms with van der Waals surface area (Å²) in [5.74, 6) is 1.53. The smallest absolute Gasteiger partial charge is 0.322 e. The lowest BCUT2D eigenvalue weighted by molar-refractivity contribution is 0.195. The number of carbonyl (C=O) groups excluding carboxylic acids is 1. The Balaban J connectivity index is 1.60. The number of aryl methyl sites for hydroxylation is 1. The Morgan fingerprint density at radius 3 is 2.96 bits per heavy atom. The van der Waals surface area contributed by atoms with E-state index >= 15 is 0 Å². The second kappa shape index (κ2) is 7.38. The highest BCUT2D eigenvalue weighted by Crippen LogP contribution is 2.27. The van der Waals surface area contributed by atoms with E-state index in [1.54, 1.807) is 23.5 Å². The fourth-order valence-electron chi connectivity index (χ4n) is 2.79. The van der Waals surface area contributed by atoms with Crippen LogP contribution in [0.5, 0.6) is 5.75 Å². The molecule has 7 nitrogen and oxygen atoms in total. The molecule has 1 fully saturated rings. The lowest BCUT2D eigenvalue weighted by Crippen LogP contribution is -2.34. The first-order chi connectivity index (χ1) is 12.0. The summed E-state index contributed by atoms with van der Waals surface area (Å²) < 4.78 is 6.08. The third-order valence-electron chi connectivity index (χ3n) is 4.18. The van der Waals surface area contributed by atoms with Crippen molar-refractivity contribution >= 4 is 17.5 Å². The predicted octanol–water partition coefficient (Wildman–Crippen LogP) is 2.54. The van der Waals surface area contributed by atoms with Crippen LogP contribution in [0.1, 0.15) is 12.0 Å². The number of hydrogen-bond donors (Lipinski definition) is 1. The number of hydrogen-bond acceptors (Lipinski definition) is 5. The summed E-state index contributed by atoms with van der Waals surface area (Å²) in [6.07, 6.45) is 5.87. The highest BCUT2D eigenvalue weighted by Gasteiger charge is 2.28. The third-order valence-corrected chi connectivity index (χ3v) is 4.18. The number of rotatable bonds is 4. The zero-order chi connectivity index (χ0) is 17.8. The van der Waals surface area contributed by atoms with Crippen molar-refractivity contribution in [1.82, 2.24) is 14.9 Å². The molecule has 0 bridgehead atoms. The quantitative estimate of drug-likeness (QED) is 0.925. The number of likely N-dealkylation sites (tertiary alicyclic amines) is 1. The minimum atomic E-state index is -0.124. The van der Waals surface area contributed by atoms with Gasteiger partial charge < -0.3 is 19.9 Å². The van der Waals surface area contributed by atoms with Gasteiger partial charge in [-0.05, 0) is 30.7 Å². The van der Waals surface area contributed by atoms with Gasteiger partial charge in [0, 0.05) is 39.5 Å². The second-order valence-electron chi connectivity index (χ2n) is 6.31. The maximum Gasteiger partial charge on any atom is 0.322 e. The molecule has 0 unspecified atom stereocenters. The predicted molar refractivity (Wildman–Crippen MR) is 97.2 cm³/mol. The van der Waals surface area contributed by atoms with E-state index in [-0.39, 0.29) is 12.1 Å². The van der Waals surface area contributed by atoms with Crippen molar-refractivity contribution in [3.63, 3.8) is 0 Å². The molecule has 3 heterocycles. The van der Waals surface area contributed by atoms with Crippen molar-refractivity contribution in [3.05, 3.63) is 42.4 Å². The Labute approximate surface area is 147 Å². The first-order valence-corrected chi connectivity index (χ1v) is 8.30. The van der Waals surface area contributed by atoms with E-state index in [0.29, 0.717) is 13.1 Å². The minimum absolute atomic E-state index is 0.0383. The van der Waals surface area contributed by atoms with Gasteiger partial charge in [-0.2, -0.15) is 0 Å². The van der Waals surface area contributed by atoms with Gasteiger partial charge in [0.1, 0.15) is 6.10 Å². The van der Waals surface area contributed by atoms with Crippen molar-refractivity contribution in [2.45, 2.75) is 19.4 Å². The van der Waals surface area contributed by atoms with E-state index in [2.05, 4.69) is 15.3 Å². The monoisotopic (exact) mass is 341 g/mol. The summed E-state index contributed by atoms with van der Waals surface area (Å²) >= 11 is 0. The zero-order valence-corrected chi connectivity index (χ0v) is 14.8. The van der Waals surface area contributed by atoms with Crippen LogP contribution in [0.4, 0.5) is 16.3 Å². The minimum Gasteiger partial charge on any atom is -0.485 e. The first-order valence-electron chi connectivity index (χ1n) is 8.30. The summed E-state index contributed by atoms with van der Waals surface area (Å²) in [6, 6.07) is 5.51. The lowest BCUT2D eigenvalue weighted by Gasteiger charge is -2.20. The van der Waals surface area contributed by atoms with Gasteiger partial charge in [0.25, 0.3) is 0 Å². The van der Waals surface area contributed by atoms with Crippen LogP contribution in [0, 0.1) is 6.92 Å². The highest BCUT2D eigenvalue weighted by atomic mass is 16.5. The fraction of sp³-hybridized carbons (Fsp3) is 0.389. The van der Waals surface area contributed by atoms with Crippen molar-refractivity contribution in [2.75, 3.05) is 37.4 Å². The maximum atomic E-state index is 12.5. The van der Waals surface area contributed by atoms with Crippen LogP contribution in [0.25, 0.3) is 0 Å². The molecule has 0 aliphatic carbocycles. The summed E-state index contributed by atoms with van der Waals surface area (Å²) in [6.45, 7) is 3.15. The third kappa shape index (κ3) is 3.99. The van der Waals surface area contributed by atoms with Crippen molar-refractivity contribution < 1.29 is 9.53 Å². The lowest BCUT2D eigenvalue weighted by atomic mass is 10.2. The normalized spacial score (nSPS) is 16.6. The summed E-state index contributed by atoms with van der Waals surface area (Å²) in [7, 11) is 3.86. The van der Waals surface area contributed by atoms with Gasteiger partial charge in [0.05, 0.1) is 18.4 Å². The van der Waals surface area contributed by atoms with Gasteiger partial charge in [-0.1, -0.05) is 0 Å². The summed E-state index contributed by atoms with van der Waals surface area (Å²) in [5.41, 5.74) is 1.72. The van der Waals surface area contributed by atoms with Crippen LogP contribution in [-0.4, -0.2) is 54.2 Å². The SMILES string of the molecule is Cc1ccncc1NC(=O)N1CC[C@H](Oc2cccnc2N(C)C)C1. The Morgan fingerprint density at radius 1 is 1.36 bits per heavy atom. The molecule has 2 amide bonds. The van der Waals surface area contributed by atoms with Crippen LogP contribution in [0.2, 0.25) is 0 Å². The number of urea groups is 1. The van der Waals surface area contributed by atoms with E-state index in [0.717, 1.165) is 29.2 Å². The van der Waals surface area contributed by atoms with E-state index in [1.807, 2.05) is 44.1 Å². The van der Waals surface area contributed by atoms with Crippen LogP contribution in [-0.2, 0) is 0 Å². The van der Waals surface area contributed by atoms with Crippen molar-refractivity contribution in [3.8, 4) is 5.75 Å². The van der Waals surface area contributed by atoms with Gasteiger partial charge in [-0.15, -0.1) is 0 Å². The molecule has 7 heteroatoms. The summed E-state index contributed by atoms with van der Waals surface area (Å²) in [4.78, 5) is 24.5. The molecule has 0 aromatic carbocycles. The van der Waals surface area contributed by atoms with E-state index < -0.39 is 0 Å². The van der Waals surface area contributed by atoms with E-state index in [4.69, 9.17) is 4.74 Å². The Hall–Kier alpha value is -2.83. The molecule has 25 heavy (non-hydrogen) atoms. The van der Waals surface area contributed by atoms with Crippen LogP contribution >= 0.6 is 0 Å². The molecule has 1 aliphatic heterocycles. The average Bonchev–Trinajstić information content (AvgIpc) is 3.06. The molecule has 0 saturated carbocycles. The molecule has 0 spiro atoms. The van der Waals surface area contributed by atoms with Gasteiger partial charge in [0.15, 0.2) is 11.6 Å². The van der Waals surface area contributed by atoms with Crippen LogP contribution in [0.3, 0.4) is 0 Å². The number of anilines is 2. The van der Waals surface area contributed by atoms with Gasteiger partial charge in [-0.25, -0.2) is 9.78 Å². The number of nitrogens with one attached hydrogen (secondary N) is 1. The van der Waals surface area contributed by atoms with Crippen molar-refractivity contribution in [1.29, 1.82) is 0 Å². The number of aromatic nitrogens is 2. The second-order valence-corrected chi connectivity index (χ2v) is 6.31. The van der Waals surface area contributed by atoms with E-state index in [9.17, 15) is 4.79 Å². The van der Waals surface area contributed by atoms with Gasteiger partial charge in [-0.3, -0.25) is 4.98 Å². The number of pyridine rings is 2. The molecule has 2 aromatic rings. The van der Waals surface area contributed by atoms with Crippen LogP contribution in [0.15, 0.2) is 36.8 Å². The molecule has 132 valence electrons. The molecule has 1 N–H and O–H groups in total. The number of ether oxygens (including phenoxy) is 1. The maximum absolute atomic E-state index is 12.5. The molecule has 1 saturated heterocycles. The van der Waals surface area contributed by atoms with E-state index in [1.165, 1.54) is 0 Å². The molecule has 1 atom stereocenters. The standard InChI is InChI=1S/C18H23N5O2/c1-13-6-9-19-11-15(13)21-18(24)23-10-7-14(12-23)25-16-5-4-8-20-17(16)22(2)3/h4-6,8-9,11,14H,7,10,12H2,1-3H3,(H,21,24)/t14-/m0/s1. The largest absolute Gasteiger partial charge is 0.485 e. The number of carbonyl (C=O) groups is 1. The molecular weight excluding hydrogens is 318 g/mol. The molecule has 1 aliphatic rings. The van der Waals surface area contributed by atoms with Crippen molar-refractivity contribution in [2.24, 2.45) is 0 Å². The van der Waals surface area contributed by atoms with Gasteiger partial charge >= 0.3 is 6.03 Å². The Kier molecular flexibility index (Phi) is 5.02. The Morgan fingerprint density at radius 2 is 2.20 bits per heavy atom. The molecule has 3 rings (SSSR count). The Bertz CT molecular complexity index is 750. The van der Waals surface area contributed by atoms with Crippen LogP contribution < -0.4 is 15.0 Å². The number of amides is 2. The molecular formula is C18H23N5O2. The first kappa shape index (κ1) is 17.0.